The Balaban J connectivity index is 1.76. The van der Waals surface area contributed by atoms with Gasteiger partial charge in [-0.3, -0.25) is 14.8 Å². The van der Waals surface area contributed by atoms with E-state index in [4.69, 9.17) is 28.3 Å². The number of halogens is 5. The van der Waals surface area contributed by atoms with Gasteiger partial charge in [0.25, 0.3) is 5.91 Å². The molecule has 11 heteroatoms. The Hall–Kier alpha value is -2.72. The molecule has 0 aliphatic rings. The largest absolute Gasteiger partial charge is 0.417 e. The first-order valence-corrected chi connectivity index (χ1v) is 9.44. The maximum atomic E-state index is 12.8. The summed E-state index contributed by atoms with van der Waals surface area (Å²) in [6.07, 6.45) is -3.00. The van der Waals surface area contributed by atoms with Gasteiger partial charge in [-0.1, -0.05) is 23.2 Å². The second-order valence-corrected chi connectivity index (χ2v) is 7.19. The molecule has 1 atom stereocenters. The summed E-state index contributed by atoms with van der Waals surface area (Å²) in [6, 6.07) is 7.26. The van der Waals surface area contributed by atoms with Gasteiger partial charge in [-0.25, -0.2) is 0 Å². The predicted octanol–water partition coefficient (Wildman–Crippen LogP) is 4.75. The molecule has 0 aliphatic carbocycles. The van der Waals surface area contributed by atoms with Crippen molar-refractivity contribution < 1.29 is 28.2 Å². The number of aromatic nitrogens is 2. The number of carbonyl (C=O) groups excluding carboxylic acids is 1. The maximum Gasteiger partial charge on any atom is 0.417 e. The number of nitrogens with zero attached hydrogens (tertiary/aromatic N) is 2. The highest BCUT2D eigenvalue weighted by atomic mass is 35.5. The molecule has 3 N–H and O–H groups in total. The second kappa shape index (κ2) is 9.19. The Morgan fingerprint density at radius 3 is 2.35 bits per heavy atom. The number of hydrogen-bond donors (Lipinski definition) is 3. The SMILES string of the molecule is O=C(Nc1ccc(C(F)(F)F)c(Cl)c1)c1ccc(-c2ncc([C@H](O)CO)cc2Cl)cn1. The number of pyridine rings is 2. The van der Waals surface area contributed by atoms with E-state index in [2.05, 4.69) is 15.3 Å². The lowest BCUT2D eigenvalue weighted by molar-refractivity contribution is -0.137. The summed E-state index contributed by atoms with van der Waals surface area (Å²) < 4.78 is 38.3. The zero-order valence-corrected chi connectivity index (χ0v) is 17.0. The molecule has 0 aliphatic heterocycles. The Morgan fingerprint density at radius 2 is 1.81 bits per heavy atom. The van der Waals surface area contributed by atoms with Gasteiger partial charge in [-0.2, -0.15) is 13.2 Å². The number of nitrogens with one attached hydrogen (secondary N) is 1. The lowest BCUT2D eigenvalue weighted by Gasteiger charge is -2.11. The van der Waals surface area contributed by atoms with E-state index < -0.39 is 35.4 Å². The Bertz CT molecular complexity index is 1110. The summed E-state index contributed by atoms with van der Waals surface area (Å²) in [5.74, 6) is -0.650. The molecule has 0 radical (unpaired) electrons. The van der Waals surface area contributed by atoms with Gasteiger partial charge in [0.05, 0.1) is 27.9 Å². The van der Waals surface area contributed by atoms with E-state index in [0.29, 0.717) is 16.8 Å². The molecule has 1 aromatic carbocycles. The molecule has 2 aromatic heterocycles. The van der Waals surface area contributed by atoms with Gasteiger partial charge in [0.1, 0.15) is 11.8 Å². The molecular formula is C20H14Cl2F3N3O3. The van der Waals surface area contributed by atoms with Gasteiger partial charge < -0.3 is 15.5 Å². The molecule has 3 aromatic rings. The van der Waals surface area contributed by atoms with E-state index >= 15 is 0 Å². The standard InChI is InChI=1S/C20H14Cl2F3N3O3/c21-14-6-12(2-3-13(14)20(23,24)25)28-19(31)16-4-1-10(7-26-16)18-15(22)5-11(8-27-18)17(30)9-29/h1-8,17,29-30H,9H2,(H,28,31)/t17-/m1/s1. The topological polar surface area (TPSA) is 95.3 Å². The molecule has 31 heavy (non-hydrogen) atoms. The van der Waals surface area contributed by atoms with Crippen LogP contribution in [0.1, 0.15) is 27.7 Å². The minimum atomic E-state index is -4.60. The molecule has 0 spiro atoms. The van der Waals surface area contributed by atoms with E-state index in [0.717, 1.165) is 18.2 Å². The molecular weight excluding hydrogens is 458 g/mol. The van der Waals surface area contributed by atoms with Crippen LogP contribution in [-0.2, 0) is 6.18 Å². The molecule has 0 unspecified atom stereocenters. The smallest absolute Gasteiger partial charge is 0.393 e. The quantitative estimate of drug-likeness (QED) is 0.499. The van der Waals surface area contributed by atoms with E-state index in [9.17, 15) is 23.1 Å². The summed E-state index contributed by atoms with van der Waals surface area (Å²) in [7, 11) is 0. The van der Waals surface area contributed by atoms with Crippen molar-refractivity contribution in [2.24, 2.45) is 0 Å². The summed E-state index contributed by atoms with van der Waals surface area (Å²) in [5, 5.41) is 20.7. The first-order valence-electron chi connectivity index (χ1n) is 8.69. The molecule has 2 heterocycles. The fourth-order valence-electron chi connectivity index (χ4n) is 2.64. The molecule has 0 saturated carbocycles. The Morgan fingerprint density at radius 1 is 1.06 bits per heavy atom. The number of amides is 1. The molecule has 6 nitrogen and oxygen atoms in total. The highest BCUT2D eigenvalue weighted by molar-refractivity contribution is 6.33. The minimum Gasteiger partial charge on any atom is -0.393 e. The van der Waals surface area contributed by atoms with Gasteiger partial charge in [0.2, 0.25) is 0 Å². The predicted molar refractivity (Wildman–Crippen MR) is 109 cm³/mol. The van der Waals surface area contributed by atoms with Crippen molar-refractivity contribution in [3.63, 3.8) is 0 Å². The van der Waals surface area contributed by atoms with Crippen molar-refractivity contribution in [1.29, 1.82) is 0 Å². The first-order chi connectivity index (χ1) is 14.6. The summed E-state index contributed by atoms with van der Waals surface area (Å²) in [5.41, 5.74) is 0.264. The van der Waals surface area contributed by atoms with Crippen molar-refractivity contribution in [1.82, 2.24) is 9.97 Å². The number of carbonyl (C=O) groups is 1. The lowest BCUT2D eigenvalue weighted by Crippen LogP contribution is -2.14. The average Bonchev–Trinajstić information content (AvgIpc) is 2.72. The number of rotatable bonds is 5. The summed E-state index contributed by atoms with van der Waals surface area (Å²) >= 11 is 11.8. The maximum absolute atomic E-state index is 12.8. The first kappa shape index (κ1) is 23.0. The third-order valence-corrected chi connectivity index (χ3v) is 4.82. The Kier molecular flexibility index (Phi) is 6.80. The molecule has 3 rings (SSSR count). The summed E-state index contributed by atoms with van der Waals surface area (Å²) in [6.45, 7) is -0.479. The Labute approximate surface area is 184 Å². The van der Waals surface area contributed by atoms with Crippen LogP contribution >= 0.6 is 23.2 Å². The monoisotopic (exact) mass is 471 g/mol. The van der Waals surface area contributed by atoms with Crippen molar-refractivity contribution in [3.05, 3.63) is 75.7 Å². The van der Waals surface area contributed by atoms with Gasteiger partial charge in [-0.05, 0) is 36.4 Å². The number of benzene rings is 1. The van der Waals surface area contributed by atoms with Crippen LogP contribution in [0.15, 0.2) is 48.8 Å². The van der Waals surface area contributed by atoms with E-state index in [1.54, 1.807) is 0 Å². The van der Waals surface area contributed by atoms with E-state index in [1.807, 2.05) is 0 Å². The van der Waals surface area contributed by atoms with Crippen LogP contribution in [0.2, 0.25) is 10.0 Å². The van der Waals surface area contributed by atoms with Gasteiger partial charge in [0.15, 0.2) is 0 Å². The van der Waals surface area contributed by atoms with Crippen molar-refractivity contribution in [3.8, 4) is 11.3 Å². The summed E-state index contributed by atoms with van der Waals surface area (Å²) in [4.78, 5) is 20.5. The van der Waals surface area contributed by atoms with E-state index in [1.165, 1.54) is 30.6 Å². The van der Waals surface area contributed by atoms with Crippen LogP contribution in [-0.4, -0.2) is 32.7 Å². The lowest BCUT2D eigenvalue weighted by atomic mass is 10.1. The number of hydrogen-bond acceptors (Lipinski definition) is 5. The fourth-order valence-corrected chi connectivity index (χ4v) is 3.21. The highest BCUT2D eigenvalue weighted by Crippen LogP contribution is 2.36. The van der Waals surface area contributed by atoms with Gasteiger partial charge in [-0.15, -0.1) is 0 Å². The van der Waals surface area contributed by atoms with Crippen LogP contribution in [0.3, 0.4) is 0 Å². The van der Waals surface area contributed by atoms with E-state index in [-0.39, 0.29) is 16.4 Å². The van der Waals surface area contributed by atoms with Crippen LogP contribution in [0.5, 0.6) is 0 Å². The van der Waals surface area contributed by atoms with Crippen molar-refractivity contribution in [2.75, 3.05) is 11.9 Å². The fraction of sp³-hybridized carbons (Fsp3) is 0.150. The zero-order valence-electron chi connectivity index (χ0n) is 15.5. The van der Waals surface area contributed by atoms with Crippen molar-refractivity contribution >= 4 is 34.8 Å². The van der Waals surface area contributed by atoms with Crippen LogP contribution in [0.25, 0.3) is 11.3 Å². The van der Waals surface area contributed by atoms with Gasteiger partial charge in [0, 0.05) is 29.2 Å². The molecule has 0 saturated heterocycles. The number of aliphatic hydroxyl groups excluding tert-OH is 2. The zero-order chi connectivity index (χ0) is 22.8. The third-order valence-electron chi connectivity index (χ3n) is 4.22. The normalized spacial score (nSPS) is 12.5. The number of aliphatic hydroxyl groups is 2. The molecule has 0 bridgehead atoms. The third kappa shape index (κ3) is 5.31. The molecule has 162 valence electrons. The molecule has 0 fully saturated rings. The van der Waals surface area contributed by atoms with Crippen LogP contribution in [0.4, 0.5) is 18.9 Å². The van der Waals surface area contributed by atoms with Gasteiger partial charge >= 0.3 is 6.18 Å². The number of anilines is 1. The van der Waals surface area contributed by atoms with Crippen LogP contribution in [0, 0.1) is 0 Å². The average molecular weight is 472 g/mol. The highest BCUT2D eigenvalue weighted by Gasteiger charge is 2.33. The molecule has 1 amide bonds. The number of alkyl halides is 3. The minimum absolute atomic E-state index is 0.00298. The van der Waals surface area contributed by atoms with Crippen molar-refractivity contribution in [2.45, 2.75) is 12.3 Å². The second-order valence-electron chi connectivity index (χ2n) is 6.38. The van der Waals surface area contributed by atoms with Crippen LogP contribution < -0.4 is 5.32 Å².